The molecule has 0 aliphatic carbocycles. The van der Waals surface area contributed by atoms with Gasteiger partial charge in [-0.2, -0.15) is 18.3 Å². The van der Waals surface area contributed by atoms with Crippen LogP contribution in [0.15, 0.2) is 43.0 Å². The third-order valence-corrected chi connectivity index (χ3v) is 4.63. The molecule has 0 spiro atoms. The first-order chi connectivity index (χ1) is 13.0. The molecule has 6 nitrogen and oxygen atoms in total. The number of anilines is 1. The van der Waals surface area contributed by atoms with Gasteiger partial charge in [-0.3, -0.25) is 4.98 Å². The van der Waals surface area contributed by atoms with Crippen LogP contribution in [0.5, 0.6) is 5.75 Å². The van der Waals surface area contributed by atoms with Crippen molar-refractivity contribution in [1.29, 1.82) is 0 Å². The molecule has 1 fully saturated rings. The van der Waals surface area contributed by atoms with Crippen molar-refractivity contribution in [1.82, 2.24) is 19.6 Å². The molecule has 3 aromatic rings. The smallest absolute Gasteiger partial charge is 0.433 e. The van der Waals surface area contributed by atoms with Gasteiger partial charge in [0.15, 0.2) is 5.82 Å². The molecule has 0 aromatic carbocycles. The highest BCUT2D eigenvalue weighted by atomic mass is 19.4. The van der Waals surface area contributed by atoms with Gasteiger partial charge in [0, 0.05) is 43.7 Å². The van der Waals surface area contributed by atoms with E-state index in [-0.39, 0.29) is 11.7 Å². The first-order valence-electron chi connectivity index (χ1n) is 8.70. The van der Waals surface area contributed by atoms with Gasteiger partial charge in [-0.1, -0.05) is 0 Å². The highest BCUT2D eigenvalue weighted by Crippen LogP contribution is 2.30. The summed E-state index contributed by atoms with van der Waals surface area (Å²) in [6, 6.07) is 4.30. The molecule has 1 aliphatic rings. The Hall–Kier alpha value is -2.84. The van der Waals surface area contributed by atoms with Crippen molar-refractivity contribution in [3.63, 3.8) is 0 Å². The van der Waals surface area contributed by atoms with Gasteiger partial charge in [0.25, 0.3) is 0 Å². The monoisotopic (exact) mass is 377 g/mol. The molecule has 27 heavy (non-hydrogen) atoms. The third-order valence-electron chi connectivity index (χ3n) is 4.63. The first-order valence-corrected chi connectivity index (χ1v) is 8.70. The van der Waals surface area contributed by atoms with Crippen LogP contribution >= 0.6 is 0 Å². The van der Waals surface area contributed by atoms with E-state index in [1.807, 2.05) is 6.07 Å². The summed E-state index contributed by atoms with van der Waals surface area (Å²) in [6.07, 6.45) is 3.81. The lowest BCUT2D eigenvalue weighted by atomic mass is 9.99. The maximum atomic E-state index is 12.8. The Morgan fingerprint density at radius 3 is 2.89 bits per heavy atom. The van der Waals surface area contributed by atoms with Gasteiger partial charge < -0.3 is 9.64 Å². The van der Waals surface area contributed by atoms with Gasteiger partial charge in [0.05, 0.1) is 12.8 Å². The van der Waals surface area contributed by atoms with Crippen molar-refractivity contribution in [3.8, 4) is 5.75 Å². The van der Waals surface area contributed by atoms with E-state index in [0.29, 0.717) is 6.61 Å². The molecule has 9 heteroatoms. The Labute approximate surface area is 153 Å². The van der Waals surface area contributed by atoms with E-state index in [1.165, 1.54) is 6.07 Å². The van der Waals surface area contributed by atoms with Gasteiger partial charge in [-0.15, -0.1) is 0 Å². The number of nitrogens with zero attached hydrogens (tertiary/aromatic N) is 5. The largest absolute Gasteiger partial charge is 0.493 e. The van der Waals surface area contributed by atoms with Gasteiger partial charge >= 0.3 is 6.18 Å². The van der Waals surface area contributed by atoms with Crippen LogP contribution in [0, 0.1) is 5.92 Å². The molecule has 1 unspecified atom stereocenters. The van der Waals surface area contributed by atoms with Gasteiger partial charge in [-0.25, -0.2) is 9.50 Å². The Balaban J connectivity index is 1.43. The number of fused-ring (bicyclic) bond motifs is 1. The molecule has 0 bridgehead atoms. The molecule has 4 rings (SSSR count). The van der Waals surface area contributed by atoms with Crippen LogP contribution in [-0.2, 0) is 6.18 Å². The summed E-state index contributed by atoms with van der Waals surface area (Å²) >= 11 is 0. The molecule has 3 aromatic heterocycles. The minimum atomic E-state index is -4.48. The average Bonchev–Trinajstić information content (AvgIpc) is 3.15. The van der Waals surface area contributed by atoms with E-state index in [9.17, 15) is 13.2 Å². The van der Waals surface area contributed by atoms with Crippen molar-refractivity contribution in [2.75, 3.05) is 24.6 Å². The molecule has 4 heterocycles. The second kappa shape index (κ2) is 7.05. The van der Waals surface area contributed by atoms with Crippen LogP contribution < -0.4 is 9.64 Å². The summed E-state index contributed by atoms with van der Waals surface area (Å²) in [5, 5.41) is 4.22. The van der Waals surface area contributed by atoms with Crippen molar-refractivity contribution >= 4 is 11.3 Å². The lowest BCUT2D eigenvalue weighted by Crippen LogP contribution is -2.38. The van der Waals surface area contributed by atoms with Crippen LogP contribution in [0.2, 0.25) is 0 Å². The molecule has 0 radical (unpaired) electrons. The number of halogens is 3. The zero-order valence-corrected chi connectivity index (χ0v) is 14.4. The quantitative estimate of drug-likeness (QED) is 0.697. The fourth-order valence-electron chi connectivity index (χ4n) is 3.35. The summed E-state index contributed by atoms with van der Waals surface area (Å²) in [5.41, 5.74) is -0.00935. The second-order valence-corrected chi connectivity index (χ2v) is 6.55. The minimum absolute atomic E-state index is 0.186. The van der Waals surface area contributed by atoms with Crippen molar-refractivity contribution in [2.24, 2.45) is 5.92 Å². The number of piperidine rings is 1. The van der Waals surface area contributed by atoms with Crippen LogP contribution in [-0.4, -0.2) is 39.3 Å². The van der Waals surface area contributed by atoms with Crippen molar-refractivity contribution in [2.45, 2.75) is 19.0 Å². The number of pyridine rings is 1. The van der Waals surface area contributed by atoms with Crippen LogP contribution in [0.25, 0.3) is 5.52 Å². The highest BCUT2D eigenvalue weighted by Gasteiger charge is 2.32. The average molecular weight is 377 g/mol. The van der Waals surface area contributed by atoms with Crippen molar-refractivity contribution < 1.29 is 17.9 Å². The maximum Gasteiger partial charge on any atom is 0.433 e. The normalized spacial score (nSPS) is 18.0. The molecule has 1 saturated heterocycles. The molecule has 1 aliphatic heterocycles. The Morgan fingerprint density at radius 2 is 2.04 bits per heavy atom. The predicted molar refractivity (Wildman–Crippen MR) is 92.7 cm³/mol. The molecule has 142 valence electrons. The van der Waals surface area contributed by atoms with E-state index in [2.05, 4.69) is 20.0 Å². The zero-order valence-electron chi connectivity index (χ0n) is 14.4. The molecular formula is C18H18F3N5O. The molecule has 0 amide bonds. The summed E-state index contributed by atoms with van der Waals surface area (Å²) in [5.74, 6) is 1.25. The predicted octanol–water partition coefficient (Wildman–Crippen LogP) is 3.44. The highest BCUT2D eigenvalue weighted by molar-refractivity contribution is 5.68. The minimum Gasteiger partial charge on any atom is -0.493 e. The van der Waals surface area contributed by atoms with Crippen LogP contribution in [0.1, 0.15) is 18.5 Å². The topological polar surface area (TPSA) is 55.5 Å². The molecule has 0 N–H and O–H groups in total. The SMILES string of the molecule is FC(F)(F)c1cc(OCC2CCCN(c3nccn4nccc34)C2)ccn1. The fraction of sp³-hybridized carbons (Fsp3) is 0.389. The van der Waals surface area contributed by atoms with Crippen LogP contribution in [0.4, 0.5) is 19.0 Å². The number of ether oxygens (including phenoxy) is 1. The zero-order chi connectivity index (χ0) is 18.9. The number of aromatic nitrogens is 4. The molecular weight excluding hydrogens is 359 g/mol. The Morgan fingerprint density at radius 1 is 1.15 bits per heavy atom. The van der Waals surface area contributed by atoms with Crippen LogP contribution in [0.3, 0.4) is 0 Å². The summed E-state index contributed by atoms with van der Waals surface area (Å²) in [4.78, 5) is 10.0. The standard InChI is InChI=1S/C18H18F3N5O/c19-18(20,21)16-10-14(3-5-22-16)27-12-13-2-1-8-25(11-13)17-15-4-6-24-26(15)9-7-23-17/h3-7,9-10,13H,1-2,8,11-12H2. The van der Waals surface area contributed by atoms with Gasteiger partial charge in [-0.05, 0) is 25.0 Å². The lowest BCUT2D eigenvalue weighted by Gasteiger charge is -2.33. The summed E-state index contributed by atoms with van der Waals surface area (Å²) in [6.45, 7) is 1.96. The Bertz CT molecular complexity index is 927. The number of hydrogen-bond acceptors (Lipinski definition) is 5. The summed E-state index contributed by atoms with van der Waals surface area (Å²) in [7, 11) is 0. The van der Waals surface area contributed by atoms with Crippen molar-refractivity contribution in [3.05, 3.63) is 48.7 Å². The first kappa shape index (κ1) is 17.6. The van der Waals surface area contributed by atoms with E-state index >= 15 is 0 Å². The van der Waals surface area contributed by atoms with E-state index in [4.69, 9.17) is 4.74 Å². The number of alkyl halides is 3. The Kier molecular flexibility index (Phi) is 4.59. The van der Waals surface area contributed by atoms with Gasteiger partial charge in [0.1, 0.15) is 17.0 Å². The third kappa shape index (κ3) is 3.81. The van der Waals surface area contributed by atoms with Gasteiger partial charge in [0.2, 0.25) is 0 Å². The number of rotatable bonds is 4. The lowest BCUT2D eigenvalue weighted by molar-refractivity contribution is -0.141. The number of hydrogen-bond donors (Lipinski definition) is 0. The molecule has 1 atom stereocenters. The fourth-order valence-corrected chi connectivity index (χ4v) is 3.35. The van der Waals surface area contributed by atoms with E-state index < -0.39 is 11.9 Å². The summed E-state index contributed by atoms with van der Waals surface area (Å²) < 4.78 is 45.7. The molecule has 0 saturated carbocycles. The maximum absolute atomic E-state index is 12.8. The van der Waals surface area contributed by atoms with E-state index in [1.54, 1.807) is 23.1 Å². The second-order valence-electron chi connectivity index (χ2n) is 6.55. The van der Waals surface area contributed by atoms with E-state index in [0.717, 1.165) is 49.5 Å².